The molecule has 6 nitrogen and oxygen atoms in total. The van der Waals surface area contributed by atoms with Gasteiger partial charge in [0, 0.05) is 31.0 Å². The van der Waals surface area contributed by atoms with Gasteiger partial charge >= 0.3 is 0 Å². The Labute approximate surface area is 171 Å². The molecule has 1 aromatic carbocycles. The van der Waals surface area contributed by atoms with E-state index in [1.807, 2.05) is 0 Å². The van der Waals surface area contributed by atoms with Crippen molar-refractivity contribution >= 4 is 36.4 Å². The fraction of sp³-hybridized carbons (Fsp3) is 0.500. The van der Waals surface area contributed by atoms with Crippen molar-refractivity contribution in [3.63, 3.8) is 0 Å². The van der Waals surface area contributed by atoms with E-state index in [2.05, 4.69) is 25.4 Å². The number of rotatable bonds is 5. The lowest BCUT2D eigenvalue weighted by molar-refractivity contribution is -0.119. The Hall–Kier alpha value is -1.70. The molecule has 3 rings (SSSR count). The number of anilines is 1. The second kappa shape index (κ2) is 10.6. The van der Waals surface area contributed by atoms with Crippen molar-refractivity contribution in [1.82, 2.24) is 20.1 Å². The Kier molecular flexibility index (Phi) is 9.15. The van der Waals surface area contributed by atoms with Crippen molar-refractivity contribution in [3.8, 4) is 11.4 Å². The number of nitrogens with one attached hydrogen (secondary N) is 2. The molecule has 0 aliphatic carbocycles. The molecule has 2 N–H and O–H groups in total. The second-order valence-electron chi connectivity index (χ2n) is 6.54. The average molecular weight is 418 g/mol. The SMILES string of the molecule is CNCC(C)C(=O)Nc1cc(-c2nnc3n2CCCCC3)ccc1F.Cl.Cl. The quantitative estimate of drug-likeness (QED) is 0.781. The Balaban J connectivity index is 0.00000182. The van der Waals surface area contributed by atoms with Crippen LogP contribution in [0.15, 0.2) is 18.2 Å². The number of amides is 1. The number of fused-ring (bicyclic) bond motifs is 1. The third kappa shape index (κ3) is 5.40. The minimum absolute atomic E-state index is 0. The monoisotopic (exact) mass is 417 g/mol. The number of hydrogen-bond donors (Lipinski definition) is 2. The fourth-order valence-corrected chi connectivity index (χ4v) is 3.11. The second-order valence-corrected chi connectivity index (χ2v) is 6.54. The summed E-state index contributed by atoms with van der Waals surface area (Å²) in [6.07, 6.45) is 4.30. The number of aromatic nitrogens is 3. The van der Waals surface area contributed by atoms with E-state index in [1.54, 1.807) is 26.1 Å². The number of hydrogen-bond acceptors (Lipinski definition) is 4. The van der Waals surface area contributed by atoms with Crippen molar-refractivity contribution in [1.29, 1.82) is 0 Å². The number of carbonyl (C=O) groups is 1. The first-order valence-electron chi connectivity index (χ1n) is 8.77. The normalized spacial score (nSPS) is 14.2. The maximum atomic E-state index is 14.2. The molecule has 27 heavy (non-hydrogen) atoms. The van der Waals surface area contributed by atoms with E-state index in [1.165, 1.54) is 12.5 Å². The van der Waals surface area contributed by atoms with Crippen LogP contribution in [0.2, 0.25) is 0 Å². The van der Waals surface area contributed by atoms with Gasteiger partial charge in [-0.15, -0.1) is 35.0 Å². The molecule has 150 valence electrons. The van der Waals surface area contributed by atoms with E-state index in [4.69, 9.17) is 0 Å². The standard InChI is InChI=1S/C18H24FN5O.2ClH/c1-12(11-20-2)18(25)21-15-10-13(7-8-14(15)19)17-23-22-16-6-4-3-5-9-24(16)17;;/h7-8,10,12,20H,3-6,9,11H2,1-2H3,(H,21,25);2*1H. The third-order valence-electron chi connectivity index (χ3n) is 4.55. The highest BCUT2D eigenvalue weighted by atomic mass is 35.5. The minimum Gasteiger partial charge on any atom is -0.323 e. The van der Waals surface area contributed by atoms with Crippen LogP contribution in [0.4, 0.5) is 10.1 Å². The van der Waals surface area contributed by atoms with Crippen molar-refractivity contribution in [3.05, 3.63) is 29.8 Å². The third-order valence-corrected chi connectivity index (χ3v) is 4.55. The summed E-state index contributed by atoms with van der Waals surface area (Å²) < 4.78 is 16.3. The summed E-state index contributed by atoms with van der Waals surface area (Å²) >= 11 is 0. The largest absolute Gasteiger partial charge is 0.323 e. The van der Waals surface area contributed by atoms with E-state index in [0.717, 1.165) is 43.0 Å². The van der Waals surface area contributed by atoms with Crippen molar-refractivity contribution in [2.45, 2.75) is 39.2 Å². The Morgan fingerprint density at radius 3 is 2.78 bits per heavy atom. The van der Waals surface area contributed by atoms with Gasteiger partial charge in [-0.1, -0.05) is 13.3 Å². The van der Waals surface area contributed by atoms with Gasteiger partial charge in [-0.25, -0.2) is 4.39 Å². The van der Waals surface area contributed by atoms with Gasteiger partial charge in [-0.3, -0.25) is 4.79 Å². The van der Waals surface area contributed by atoms with E-state index in [0.29, 0.717) is 6.54 Å². The van der Waals surface area contributed by atoms with Crippen LogP contribution in [0.1, 0.15) is 32.0 Å². The van der Waals surface area contributed by atoms with Gasteiger partial charge < -0.3 is 15.2 Å². The first kappa shape index (κ1) is 23.3. The first-order chi connectivity index (χ1) is 12.1. The van der Waals surface area contributed by atoms with Crippen LogP contribution in [0.3, 0.4) is 0 Å². The molecule has 2 aromatic rings. The molecule has 0 bridgehead atoms. The van der Waals surface area contributed by atoms with E-state index < -0.39 is 5.82 Å². The summed E-state index contributed by atoms with van der Waals surface area (Å²) in [5.74, 6) is 0.785. The number of carbonyl (C=O) groups excluding carboxylic acids is 1. The van der Waals surface area contributed by atoms with Crippen molar-refractivity contribution in [2.75, 3.05) is 18.9 Å². The van der Waals surface area contributed by atoms with Gasteiger partial charge in [0.1, 0.15) is 11.6 Å². The fourth-order valence-electron chi connectivity index (χ4n) is 3.11. The highest BCUT2D eigenvalue weighted by Gasteiger charge is 2.19. The smallest absolute Gasteiger partial charge is 0.228 e. The molecule has 1 aliphatic rings. The zero-order valence-electron chi connectivity index (χ0n) is 15.5. The Bertz CT molecular complexity index is 768. The Morgan fingerprint density at radius 1 is 1.26 bits per heavy atom. The van der Waals surface area contributed by atoms with Crippen LogP contribution in [0, 0.1) is 11.7 Å². The lowest BCUT2D eigenvalue weighted by Gasteiger charge is -2.13. The molecule has 1 aromatic heterocycles. The van der Waals surface area contributed by atoms with E-state index in [-0.39, 0.29) is 42.3 Å². The van der Waals surface area contributed by atoms with Crippen LogP contribution in [0.25, 0.3) is 11.4 Å². The molecular formula is C18H26Cl2FN5O. The van der Waals surface area contributed by atoms with Crippen molar-refractivity contribution < 1.29 is 9.18 Å². The molecule has 1 unspecified atom stereocenters. The van der Waals surface area contributed by atoms with Gasteiger partial charge in [0.15, 0.2) is 5.82 Å². The Morgan fingerprint density at radius 2 is 2.04 bits per heavy atom. The maximum absolute atomic E-state index is 14.2. The lowest BCUT2D eigenvalue weighted by atomic mass is 10.1. The van der Waals surface area contributed by atoms with Crippen LogP contribution >= 0.6 is 24.8 Å². The number of benzene rings is 1. The molecule has 0 radical (unpaired) electrons. The number of halogens is 3. The molecule has 2 heterocycles. The predicted octanol–water partition coefficient (Wildman–Crippen LogP) is 3.45. The molecule has 9 heteroatoms. The van der Waals surface area contributed by atoms with Gasteiger partial charge in [-0.2, -0.15) is 0 Å². The molecule has 0 saturated carbocycles. The zero-order valence-corrected chi connectivity index (χ0v) is 17.1. The predicted molar refractivity (Wildman–Crippen MR) is 109 cm³/mol. The highest BCUT2D eigenvalue weighted by molar-refractivity contribution is 5.93. The lowest BCUT2D eigenvalue weighted by Crippen LogP contribution is -2.28. The average Bonchev–Trinajstić information content (AvgIpc) is 2.85. The molecule has 1 aliphatic heterocycles. The van der Waals surface area contributed by atoms with Gasteiger partial charge in [-0.05, 0) is 38.1 Å². The summed E-state index contributed by atoms with van der Waals surface area (Å²) in [6, 6.07) is 4.69. The molecular weight excluding hydrogens is 392 g/mol. The zero-order chi connectivity index (χ0) is 17.8. The summed E-state index contributed by atoms with van der Waals surface area (Å²) in [5, 5.41) is 14.2. The summed E-state index contributed by atoms with van der Waals surface area (Å²) in [7, 11) is 1.78. The first-order valence-corrected chi connectivity index (χ1v) is 8.77. The molecule has 1 atom stereocenters. The number of nitrogens with zero attached hydrogens (tertiary/aromatic N) is 3. The van der Waals surface area contributed by atoms with E-state index >= 15 is 0 Å². The summed E-state index contributed by atoms with van der Waals surface area (Å²) in [4.78, 5) is 12.2. The van der Waals surface area contributed by atoms with Gasteiger partial charge in [0.2, 0.25) is 5.91 Å². The maximum Gasteiger partial charge on any atom is 0.228 e. The van der Waals surface area contributed by atoms with E-state index in [9.17, 15) is 9.18 Å². The molecule has 0 saturated heterocycles. The topological polar surface area (TPSA) is 71.8 Å². The van der Waals surface area contributed by atoms with Crippen molar-refractivity contribution in [2.24, 2.45) is 5.92 Å². The van der Waals surface area contributed by atoms with Gasteiger partial charge in [0.05, 0.1) is 5.69 Å². The molecule has 0 fully saturated rings. The van der Waals surface area contributed by atoms with Gasteiger partial charge in [0.25, 0.3) is 0 Å². The van der Waals surface area contributed by atoms with Crippen LogP contribution in [-0.4, -0.2) is 34.3 Å². The summed E-state index contributed by atoms with van der Waals surface area (Å²) in [6.45, 7) is 3.20. The summed E-state index contributed by atoms with van der Waals surface area (Å²) in [5.41, 5.74) is 0.940. The highest BCUT2D eigenvalue weighted by Crippen LogP contribution is 2.26. The molecule has 0 spiro atoms. The van der Waals surface area contributed by atoms with Crippen LogP contribution in [0.5, 0.6) is 0 Å². The molecule has 1 amide bonds. The van der Waals surface area contributed by atoms with Crippen LogP contribution in [-0.2, 0) is 17.8 Å². The number of aryl methyl sites for hydroxylation is 1. The minimum atomic E-state index is -0.454. The van der Waals surface area contributed by atoms with Crippen LogP contribution < -0.4 is 10.6 Å².